The molecule has 7 nitrogen and oxygen atoms in total. The standard InChI is InChI=1S/C16H15F3N4O3/c1-22-6-7-23-12(15(22)25)8-11(21-23)14(24)20-9-10-4-2-3-5-13(10)26-16(17,18)19/h2-5,8H,6-7,9H2,1H3,(H,20,24). The Kier molecular flexibility index (Phi) is 4.58. The smallest absolute Gasteiger partial charge is 0.405 e. The van der Waals surface area contributed by atoms with Crippen LogP contribution < -0.4 is 10.1 Å². The fraction of sp³-hybridized carbons (Fsp3) is 0.312. The van der Waals surface area contributed by atoms with Crippen LogP contribution in [0.2, 0.25) is 0 Å². The van der Waals surface area contributed by atoms with Gasteiger partial charge in [-0.15, -0.1) is 13.2 Å². The summed E-state index contributed by atoms with van der Waals surface area (Å²) in [6.07, 6.45) is -4.82. The average Bonchev–Trinajstić information content (AvgIpc) is 3.01. The predicted octanol–water partition coefficient (Wildman–Crippen LogP) is 1.80. The maximum atomic E-state index is 12.4. The predicted molar refractivity (Wildman–Crippen MR) is 83.5 cm³/mol. The molecule has 2 aromatic rings. The molecule has 1 N–H and O–H groups in total. The van der Waals surface area contributed by atoms with Crippen LogP contribution in [-0.2, 0) is 13.1 Å². The summed E-state index contributed by atoms with van der Waals surface area (Å²) in [6, 6.07) is 6.88. The van der Waals surface area contributed by atoms with Gasteiger partial charge in [0.1, 0.15) is 11.4 Å². The minimum absolute atomic E-state index is 0.0258. The molecule has 1 aliphatic rings. The van der Waals surface area contributed by atoms with Gasteiger partial charge in [-0.3, -0.25) is 14.3 Å². The number of amides is 2. The number of hydrogen-bond acceptors (Lipinski definition) is 4. The van der Waals surface area contributed by atoms with Crippen LogP contribution in [0.5, 0.6) is 5.75 Å². The fourth-order valence-electron chi connectivity index (χ4n) is 2.55. The van der Waals surface area contributed by atoms with E-state index >= 15 is 0 Å². The molecular formula is C16H15F3N4O3. The van der Waals surface area contributed by atoms with Crippen LogP contribution in [0.4, 0.5) is 13.2 Å². The lowest BCUT2D eigenvalue weighted by Crippen LogP contribution is -2.37. The summed E-state index contributed by atoms with van der Waals surface area (Å²) in [4.78, 5) is 25.8. The average molecular weight is 368 g/mol. The van der Waals surface area contributed by atoms with E-state index in [1.165, 1.54) is 39.9 Å². The molecule has 1 aromatic heterocycles. The van der Waals surface area contributed by atoms with Gasteiger partial charge in [-0.05, 0) is 6.07 Å². The third-order valence-corrected chi connectivity index (χ3v) is 3.86. The van der Waals surface area contributed by atoms with Crippen molar-refractivity contribution in [1.82, 2.24) is 20.0 Å². The van der Waals surface area contributed by atoms with Gasteiger partial charge in [0, 0.05) is 31.8 Å². The molecule has 0 unspecified atom stereocenters. The number of carbonyl (C=O) groups is 2. The van der Waals surface area contributed by atoms with Crippen LogP contribution in [0.3, 0.4) is 0 Å². The molecule has 26 heavy (non-hydrogen) atoms. The minimum atomic E-state index is -4.82. The zero-order chi connectivity index (χ0) is 18.9. The number of nitrogens with one attached hydrogen (secondary N) is 1. The molecule has 0 bridgehead atoms. The zero-order valence-electron chi connectivity index (χ0n) is 13.7. The number of rotatable bonds is 4. The van der Waals surface area contributed by atoms with Gasteiger partial charge in [0.15, 0.2) is 5.69 Å². The van der Waals surface area contributed by atoms with E-state index in [4.69, 9.17) is 0 Å². The molecule has 1 aliphatic heterocycles. The number of carbonyl (C=O) groups excluding carboxylic acids is 2. The van der Waals surface area contributed by atoms with Crippen molar-refractivity contribution in [2.75, 3.05) is 13.6 Å². The van der Waals surface area contributed by atoms with E-state index in [1.807, 2.05) is 0 Å². The molecule has 3 rings (SSSR count). The Labute approximate surface area is 146 Å². The SMILES string of the molecule is CN1CCn2nc(C(=O)NCc3ccccc3OC(F)(F)F)cc2C1=O. The van der Waals surface area contributed by atoms with E-state index in [9.17, 15) is 22.8 Å². The number of halogens is 3. The first-order valence-corrected chi connectivity index (χ1v) is 7.70. The lowest BCUT2D eigenvalue weighted by molar-refractivity contribution is -0.274. The van der Waals surface area contributed by atoms with Crippen LogP contribution in [0.15, 0.2) is 30.3 Å². The first kappa shape index (κ1) is 17.8. The lowest BCUT2D eigenvalue weighted by Gasteiger charge is -2.22. The minimum Gasteiger partial charge on any atom is -0.405 e. The topological polar surface area (TPSA) is 76.5 Å². The van der Waals surface area contributed by atoms with Crippen LogP contribution in [0, 0.1) is 0 Å². The second kappa shape index (κ2) is 6.70. The van der Waals surface area contributed by atoms with E-state index in [2.05, 4.69) is 15.2 Å². The second-order valence-corrected chi connectivity index (χ2v) is 5.70. The van der Waals surface area contributed by atoms with Crippen molar-refractivity contribution in [3.8, 4) is 5.75 Å². The number of aromatic nitrogens is 2. The van der Waals surface area contributed by atoms with Crippen molar-refractivity contribution in [2.45, 2.75) is 19.5 Å². The van der Waals surface area contributed by atoms with Gasteiger partial charge < -0.3 is 15.0 Å². The maximum Gasteiger partial charge on any atom is 0.573 e. The van der Waals surface area contributed by atoms with E-state index in [0.29, 0.717) is 18.8 Å². The summed E-state index contributed by atoms with van der Waals surface area (Å²) in [5, 5.41) is 6.57. The monoisotopic (exact) mass is 368 g/mol. The molecule has 2 heterocycles. The molecule has 0 fully saturated rings. The Morgan fingerprint density at radius 1 is 1.31 bits per heavy atom. The number of hydrogen-bond donors (Lipinski definition) is 1. The van der Waals surface area contributed by atoms with Gasteiger partial charge in [0.25, 0.3) is 11.8 Å². The van der Waals surface area contributed by atoms with E-state index in [-0.39, 0.29) is 29.5 Å². The fourth-order valence-corrected chi connectivity index (χ4v) is 2.55. The number of para-hydroxylation sites is 1. The van der Waals surface area contributed by atoms with Gasteiger partial charge in [-0.2, -0.15) is 5.10 Å². The van der Waals surface area contributed by atoms with Gasteiger partial charge in [-0.25, -0.2) is 0 Å². The highest BCUT2D eigenvalue weighted by atomic mass is 19.4. The molecule has 2 amide bonds. The number of alkyl halides is 3. The zero-order valence-corrected chi connectivity index (χ0v) is 13.7. The second-order valence-electron chi connectivity index (χ2n) is 5.70. The molecule has 10 heteroatoms. The van der Waals surface area contributed by atoms with E-state index in [1.54, 1.807) is 7.05 Å². The highest BCUT2D eigenvalue weighted by molar-refractivity contribution is 5.98. The van der Waals surface area contributed by atoms with Crippen molar-refractivity contribution in [3.05, 3.63) is 47.3 Å². The molecule has 0 radical (unpaired) electrons. The summed E-state index contributed by atoms with van der Waals surface area (Å²) in [7, 11) is 1.65. The molecule has 0 saturated carbocycles. The normalized spacial score (nSPS) is 14.2. The van der Waals surface area contributed by atoms with Crippen molar-refractivity contribution in [1.29, 1.82) is 0 Å². The molecule has 0 spiro atoms. The third-order valence-electron chi connectivity index (χ3n) is 3.86. The molecule has 0 saturated heterocycles. The first-order chi connectivity index (χ1) is 12.2. The number of likely N-dealkylation sites (N-methyl/N-ethyl adjacent to an activating group) is 1. The number of ether oxygens (including phenoxy) is 1. The maximum absolute atomic E-state index is 12.4. The molecule has 138 valence electrons. The molecular weight excluding hydrogens is 353 g/mol. The van der Waals surface area contributed by atoms with Gasteiger partial charge in [0.05, 0.1) is 6.54 Å². The van der Waals surface area contributed by atoms with Crippen LogP contribution in [-0.4, -0.2) is 46.4 Å². The summed E-state index contributed by atoms with van der Waals surface area (Å²) in [5.41, 5.74) is 0.487. The Balaban J connectivity index is 1.71. The van der Waals surface area contributed by atoms with Gasteiger partial charge in [0.2, 0.25) is 0 Å². The quantitative estimate of drug-likeness (QED) is 0.893. The van der Waals surface area contributed by atoms with Crippen LogP contribution >= 0.6 is 0 Å². The van der Waals surface area contributed by atoms with Crippen LogP contribution in [0.25, 0.3) is 0 Å². The molecule has 1 aromatic carbocycles. The Morgan fingerprint density at radius 3 is 2.77 bits per heavy atom. The highest BCUT2D eigenvalue weighted by Gasteiger charge is 2.32. The van der Waals surface area contributed by atoms with Crippen molar-refractivity contribution in [3.63, 3.8) is 0 Å². The summed E-state index contributed by atoms with van der Waals surface area (Å²) < 4.78 is 42.7. The Hall–Kier alpha value is -3.04. The largest absolute Gasteiger partial charge is 0.573 e. The molecule has 0 aliphatic carbocycles. The Morgan fingerprint density at radius 2 is 2.04 bits per heavy atom. The Bertz CT molecular complexity index is 848. The van der Waals surface area contributed by atoms with E-state index < -0.39 is 12.3 Å². The number of fused-ring (bicyclic) bond motifs is 1. The van der Waals surface area contributed by atoms with Crippen molar-refractivity contribution < 1.29 is 27.5 Å². The van der Waals surface area contributed by atoms with Crippen molar-refractivity contribution in [2.24, 2.45) is 0 Å². The third kappa shape index (κ3) is 3.79. The summed E-state index contributed by atoms with van der Waals surface area (Å²) >= 11 is 0. The van der Waals surface area contributed by atoms with E-state index in [0.717, 1.165) is 0 Å². The van der Waals surface area contributed by atoms with Crippen LogP contribution in [0.1, 0.15) is 26.5 Å². The number of benzene rings is 1. The van der Waals surface area contributed by atoms with Crippen molar-refractivity contribution >= 4 is 11.8 Å². The lowest BCUT2D eigenvalue weighted by atomic mass is 10.2. The van der Waals surface area contributed by atoms with Gasteiger partial charge >= 0.3 is 6.36 Å². The highest BCUT2D eigenvalue weighted by Crippen LogP contribution is 2.26. The van der Waals surface area contributed by atoms with Gasteiger partial charge in [-0.1, -0.05) is 18.2 Å². The summed E-state index contributed by atoms with van der Waals surface area (Å²) in [6.45, 7) is 0.769. The number of nitrogens with zero attached hydrogens (tertiary/aromatic N) is 3. The first-order valence-electron chi connectivity index (χ1n) is 7.70. The molecule has 0 atom stereocenters. The summed E-state index contributed by atoms with van der Waals surface area (Å²) in [5.74, 6) is -1.22.